The highest BCUT2D eigenvalue weighted by Crippen LogP contribution is 2.38. The summed E-state index contributed by atoms with van der Waals surface area (Å²) in [7, 11) is 4.63. The molecule has 0 saturated heterocycles. The first-order valence-electron chi connectivity index (χ1n) is 7.88. The van der Waals surface area contributed by atoms with E-state index in [0.717, 1.165) is 5.56 Å². The number of carbonyl (C=O) groups excluding carboxylic acids is 1. The number of rotatable bonds is 8. The normalized spacial score (nSPS) is 10.2. The monoisotopic (exact) mass is 347 g/mol. The molecular weight excluding hydrogens is 325 g/mol. The third-order valence-electron chi connectivity index (χ3n) is 3.80. The fourth-order valence-corrected chi connectivity index (χ4v) is 2.46. The number of ether oxygens (including phenoxy) is 3. The van der Waals surface area contributed by atoms with Crippen LogP contribution in [0.15, 0.2) is 36.4 Å². The number of carbonyl (C=O) groups is 1. The van der Waals surface area contributed by atoms with Gasteiger partial charge in [0.15, 0.2) is 11.5 Å². The molecule has 1 N–H and O–H groups in total. The van der Waals surface area contributed by atoms with Gasteiger partial charge in [-0.25, -0.2) is 4.39 Å². The lowest BCUT2D eigenvalue weighted by molar-refractivity contribution is -0.121. The average molecular weight is 347 g/mol. The second kappa shape index (κ2) is 8.92. The van der Waals surface area contributed by atoms with Gasteiger partial charge < -0.3 is 19.5 Å². The SMILES string of the molecule is COc1cc(CCC(=O)NCc2ccccc2F)cc(OC)c1OC. The molecule has 0 aromatic heterocycles. The van der Waals surface area contributed by atoms with E-state index in [1.165, 1.54) is 13.2 Å². The Bertz CT molecular complexity index is 708. The molecule has 1 amide bonds. The maximum absolute atomic E-state index is 13.5. The maximum atomic E-state index is 13.5. The molecule has 0 radical (unpaired) electrons. The number of aryl methyl sites for hydroxylation is 1. The van der Waals surface area contributed by atoms with E-state index in [9.17, 15) is 9.18 Å². The maximum Gasteiger partial charge on any atom is 0.220 e. The minimum atomic E-state index is -0.326. The number of halogens is 1. The Labute approximate surface area is 146 Å². The predicted molar refractivity (Wildman–Crippen MR) is 92.7 cm³/mol. The van der Waals surface area contributed by atoms with Gasteiger partial charge in [0, 0.05) is 18.5 Å². The molecule has 0 spiro atoms. The quantitative estimate of drug-likeness (QED) is 0.797. The fraction of sp³-hybridized carbons (Fsp3) is 0.316. The van der Waals surface area contributed by atoms with Gasteiger partial charge in [-0.3, -0.25) is 4.79 Å². The molecular formula is C19H22FNO4. The summed E-state index contributed by atoms with van der Waals surface area (Å²) in [6, 6.07) is 9.99. The molecule has 0 aliphatic rings. The van der Waals surface area contributed by atoms with Crippen molar-refractivity contribution in [1.82, 2.24) is 5.32 Å². The van der Waals surface area contributed by atoms with Crippen LogP contribution in [0.5, 0.6) is 17.2 Å². The zero-order valence-electron chi connectivity index (χ0n) is 14.6. The summed E-state index contributed by atoms with van der Waals surface area (Å²) in [6.07, 6.45) is 0.771. The largest absolute Gasteiger partial charge is 0.493 e. The molecule has 2 aromatic rings. The minimum Gasteiger partial charge on any atom is -0.493 e. The molecule has 0 fully saturated rings. The summed E-state index contributed by atoms with van der Waals surface area (Å²) in [4.78, 5) is 12.0. The Morgan fingerprint density at radius 1 is 1.04 bits per heavy atom. The van der Waals surface area contributed by atoms with Crippen LogP contribution in [0.1, 0.15) is 17.5 Å². The van der Waals surface area contributed by atoms with Crippen molar-refractivity contribution >= 4 is 5.91 Å². The van der Waals surface area contributed by atoms with Crippen LogP contribution in [0, 0.1) is 5.82 Å². The highest BCUT2D eigenvalue weighted by molar-refractivity contribution is 5.76. The molecule has 2 rings (SSSR count). The zero-order chi connectivity index (χ0) is 18.2. The van der Waals surface area contributed by atoms with Gasteiger partial charge in [-0.15, -0.1) is 0 Å². The Kier molecular flexibility index (Phi) is 6.62. The minimum absolute atomic E-state index is 0.156. The number of hydrogen-bond acceptors (Lipinski definition) is 4. The number of benzene rings is 2. The molecule has 0 aliphatic carbocycles. The van der Waals surface area contributed by atoms with Gasteiger partial charge in [0.05, 0.1) is 21.3 Å². The Hall–Kier alpha value is -2.76. The molecule has 0 bridgehead atoms. The summed E-state index contributed by atoms with van der Waals surface area (Å²) >= 11 is 0. The second-order valence-electron chi connectivity index (χ2n) is 5.40. The molecule has 0 saturated carbocycles. The van der Waals surface area contributed by atoms with E-state index in [-0.39, 0.29) is 24.7 Å². The topological polar surface area (TPSA) is 56.8 Å². The van der Waals surface area contributed by atoms with E-state index in [4.69, 9.17) is 14.2 Å². The van der Waals surface area contributed by atoms with Gasteiger partial charge in [-0.2, -0.15) is 0 Å². The Morgan fingerprint density at radius 2 is 1.68 bits per heavy atom. The van der Waals surface area contributed by atoms with E-state index in [1.54, 1.807) is 32.4 Å². The van der Waals surface area contributed by atoms with Crippen molar-refractivity contribution in [2.24, 2.45) is 0 Å². The van der Waals surface area contributed by atoms with E-state index in [2.05, 4.69) is 5.32 Å². The molecule has 0 unspecified atom stereocenters. The van der Waals surface area contributed by atoms with Crippen molar-refractivity contribution in [2.75, 3.05) is 21.3 Å². The van der Waals surface area contributed by atoms with Gasteiger partial charge in [0.2, 0.25) is 11.7 Å². The first-order chi connectivity index (χ1) is 12.1. The van der Waals surface area contributed by atoms with Gasteiger partial charge in [0.1, 0.15) is 5.82 Å². The van der Waals surface area contributed by atoms with Gasteiger partial charge >= 0.3 is 0 Å². The van der Waals surface area contributed by atoms with Crippen molar-refractivity contribution in [3.8, 4) is 17.2 Å². The van der Waals surface area contributed by atoms with Crippen molar-refractivity contribution in [3.63, 3.8) is 0 Å². The summed E-state index contributed by atoms with van der Waals surface area (Å²) in [5.74, 6) is 1.12. The summed E-state index contributed by atoms with van der Waals surface area (Å²) in [6.45, 7) is 0.167. The lowest BCUT2D eigenvalue weighted by atomic mass is 10.1. The van der Waals surface area contributed by atoms with Crippen LogP contribution in [0.25, 0.3) is 0 Å². The van der Waals surface area contributed by atoms with Crippen LogP contribution in [0.4, 0.5) is 4.39 Å². The number of methoxy groups -OCH3 is 3. The van der Waals surface area contributed by atoms with Crippen LogP contribution in [0.2, 0.25) is 0 Å². The highest BCUT2D eigenvalue weighted by atomic mass is 19.1. The summed E-state index contributed by atoms with van der Waals surface area (Å²) in [5, 5.41) is 2.72. The highest BCUT2D eigenvalue weighted by Gasteiger charge is 2.14. The third kappa shape index (κ3) is 4.86. The van der Waals surface area contributed by atoms with E-state index < -0.39 is 0 Å². The van der Waals surface area contributed by atoms with Crippen molar-refractivity contribution in [2.45, 2.75) is 19.4 Å². The zero-order valence-corrected chi connectivity index (χ0v) is 14.6. The van der Waals surface area contributed by atoms with Crippen LogP contribution < -0.4 is 19.5 Å². The van der Waals surface area contributed by atoms with Gasteiger partial charge in [-0.1, -0.05) is 18.2 Å². The third-order valence-corrected chi connectivity index (χ3v) is 3.80. The van der Waals surface area contributed by atoms with E-state index in [0.29, 0.717) is 29.2 Å². The molecule has 0 heterocycles. The van der Waals surface area contributed by atoms with E-state index in [1.807, 2.05) is 12.1 Å². The van der Waals surface area contributed by atoms with Gasteiger partial charge in [0.25, 0.3) is 0 Å². The first-order valence-corrected chi connectivity index (χ1v) is 7.88. The lowest BCUT2D eigenvalue weighted by Crippen LogP contribution is -2.23. The predicted octanol–water partition coefficient (Wildman–Crippen LogP) is 3.10. The van der Waals surface area contributed by atoms with Crippen LogP contribution in [-0.4, -0.2) is 27.2 Å². The summed E-state index contributed by atoms with van der Waals surface area (Å²) < 4.78 is 29.4. The van der Waals surface area contributed by atoms with E-state index >= 15 is 0 Å². The Balaban J connectivity index is 1.96. The number of hydrogen-bond donors (Lipinski definition) is 1. The average Bonchev–Trinajstić information content (AvgIpc) is 2.64. The molecule has 5 nitrogen and oxygen atoms in total. The molecule has 0 aliphatic heterocycles. The second-order valence-corrected chi connectivity index (χ2v) is 5.40. The number of amides is 1. The smallest absolute Gasteiger partial charge is 0.220 e. The fourth-order valence-electron chi connectivity index (χ4n) is 2.46. The van der Waals surface area contributed by atoms with Crippen LogP contribution in [-0.2, 0) is 17.8 Å². The molecule has 25 heavy (non-hydrogen) atoms. The van der Waals surface area contributed by atoms with Crippen molar-refractivity contribution in [3.05, 3.63) is 53.3 Å². The Morgan fingerprint density at radius 3 is 2.24 bits per heavy atom. The molecule has 134 valence electrons. The lowest BCUT2D eigenvalue weighted by Gasteiger charge is -2.14. The van der Waals surface area contributed by atoms with Crippen LogP contribution >= 0.6 is 0 Å². The molecule has 6 heteroatoms. The first kappa shape index (κ1) is 18.6. The number of nitrogens with one attached hydrogen (secondary N) is 1. The molecule has 0 atom stereocenters. The van der Waals surface area contributed by atoms with Crippen molar-refractivity contribution < 1.29 is 23.4 Å². The van der Waals surface area contributed by atoms with Crippen LogP contribution in [0.3, 0.4) is 0 Å². The standard InChI is InChI=1S/C19H22FNO4/c1-23-16-10-13(11-17(24-2)19(16)25-3)8-9-18(22)21-12-14-6-4-5-7-15(14)20/h4-7,10-11H,8-9,12H2,1-3H3,(H,21,22). The molecule has 2 aromatic carbocycles. The van der Waals surface area contributed by atoms with Crippen molar-refractivity contribution in [1.29, 1.82) is 0 Å². The van der Waals surface area contributed by atoms with Gasteiger partial charge in [-0.05, 0) is 30.2 Å². The summed E-state index contributed by atoms with van der Waals surface area (Å²) in [5.41, 5.74) is 1.35.